The van der Waals surface area contributed by atoms with Crippen LogP contribution in [-0.2, 0) is 30.1 Å². The molecule has 0 spiro atoms. The van der Waals surface area contributed by atoms with Crippen LogP contribution in [0.3, 0.4) is 0 Å². The molecule has 1 aliphatic rings. The van der Waals surface area contributed by atoms with Gasteiger partial charge in [-0.1, -0.05) is 42.5 Å². The number of aliphatic imine (C=N–C) groups is 1. The van der Waals surface area contributed by atoms with Crippen molar-refractivity contribution in [1.29, 1.82) is 0 Å². The van der Waals surface area contributed by atoms with Gasteiger partial charge in [0.15, 0.2) is 11.8 Å². The van der Waals surface area contributed by atoms with E-state index >= 15 is 0 Å². The Morgan fingerprint density at radius 3 is 3.00 bits per heavy atom. The number of thioether (sulfide) groups is 1. The molecule has 4 rings (SSSR count). The summed E-state index contributed by atoms with van der Waals surface area (Å²) in [5, 5.41) is 14.2. The normalized spacial score (nSPS) is 16.3. The van der Waals surface area contributed by atoms with Crippen molar-refractivity contribution in [2.75, 3.05) is 26.5 Å². The van der Waals surface area contributed by atoms with E-state index in [9.17, 15) is 0 Å². The monoisotopic (exact) mass is 438 g/mol. The van der Waals surface area contributed by atoms with E-state index in [-0.39, 0.29) is 0 Å². The van der Waals surface area contributed by atoms with Crippen LogP contribution in [0.25, 0.3) is 10.8 Å². The quantitative estimate of drug-likeness (QED) is 0.320. The van der Waals surface area contributed by atoms with Crippen LogP contribution in [0, 0.1) is 0 Å². The number of hydrogen-bond donors (Lipinski definition) is 2. The van der Waals surface area contributed by atoms with Crippen molar-refractivity contribution in [3.63, 3.8) is 0 Å². The van der Waals surface area contributed by atoms with E-state index in [1.165, 1.54) is 16.3 Å². The smallest absolute Gasteiger partial charge is 0.191 e. The Bertz CT molecular complexity index is 1030. The van der Waals surface area contributed by atoms with Gasteiger partial charge in [0.1, 0.15) is 12.4 Å². The first-order valence-corrected chi connectivity index (χ1v) is 11.9. The Kier molecular flexibility index (Phi) is 7.43. The predicted octanol–water partition coefficient (Wildman–Crippen LogP) is 2.99. The molecule has 0 fully saturated rings. The standard InChI is InChI=1S/C23H30N6OS/c1-24-23(26-19-10-11-22-27-21(15-30-2)28-29(22)14-19)25-12-13-31-16-18-8-5-7-17-6-3-4-9-20(17)18/h3-9,19H,10-16H2,1-2H3,(H2,24,25,26). The lowest BCUT2D eigenvalue weighted by Gasteiger charge is -2.25. The van der Waals surface area contributed by atoms with Gasteiger partial charge in [-0.25, -0.2) is 9.67 Å². The average molecular weight is 439 g/mol. The molecule has 0 radical (unpaired) electrons. The van der Waals surface area contributed by atoms with Crippen LogP contribution in [0.4, 0.5) is 0 Å². The van der Waals surface area contributed by atoms with Crippen molar-refractivity contribution in [3.05, 3.63) is 59.7 Å². The van der Waals surface area contributed by atoms with E-state index in [0.29, 0.717) is 12.6 Å². The minimum absolute atomic E-state index is 0.291. The van der Waals surface area contributed by atoms with Gasteiger partial charge >= 0.3 is 0 Å². The third kappa shape index (κ3) is 5.57. The largest absolute Gasteiger partial charge is 0.377 e. The van der Waals surface area contributed by atoms with Crippen molar-refractivity contribution in [1.82, 2.24) is 25.4 Å². The molecule has 0 amide bonds. The highest BCUT2D eigenvalue weighted by Crippen LogP contribution is 2.22. The number of methoxy groups -OCH3 is 1. The Morgan fingerprint density at radius 2 is 2.13 bits per heavy atom. The number of aromatic nitrogens is 3. The maximum Gasteiger partial charge on any atom is 0.191 e. The van der Waals surface area contributed by atoms with Crippen LogP contribution < -0.4 is 10.6 Å². The van der Waals surface area contributed by atoms with E-state index < -0.39 is 0 Å². The molecule has 1 atom stereocenters. The fourth-order valence-corrected chi connectivity index (χ4v) is 4.76. The summed E-state index contributed by atoms with van der Waals surface area (Å²) in [7, 11) is 3.49. The molecule has 164 valence electrons. The molecular weight excluding hydrogens is 408 g/mol. The molecular formula is C23H30N6OS. The van der Waals surface area contributed by atoms with E-state index in [0.717, 1.165) is 55.0 Å². The third-order valence-corrected chi connectivity index (χ3v) is 6.42. The Hall–Kier alpha value is -2.58. The molecule has 1 aromatic heterocycles. The summed E-state index contributed by atoms with van der Waals surface area (Å²) in [6.45, 7) is 2.12. The molecule has 8 heteroatoms. The second-order valence-electron chi connectivity index (χ2n) is 7.63. The third-order valence-electron chi connectivity index (χ3n) is 5.42. The SMILES string of the molecule is CN=C(NCCSCc1cccc2ccccc12)NC1CCc2nc(COC)nn2C1. The molecule has 0 saturated carbocycles. The first-order chi connectivity index (χ1) is 15.3. The highest BCUT2D eigenvalue weighted by Gasteiger charge is 2.22. The second kappa shape index (κ2) is 10.6. The van der Waals surface area contributed by atoms with Gasteiger partial charge in [-0.3, -0.25) is 4.99 Å². The number of hydrogen-bond acceptors (Lipinski definition) is 5. The summed E-state index contributed by atoms with van der Waals surface area (Å²) in [5.74, 6) is 4.66. The summed E-state index contributed by atoms with van der Waals surface area (Å²) in [6.07, 6.45) is 1.92. The van der Waals surface area contributed by atoms with E-state index in [2.05, 4.69) is 68.2 Å². The molecule has 1 aliphatic heterocycles. The average Bonchev–Trinajstić information content (AvgIpc) is 3.20. The first-order valence-electron chi connectivity index (χ1n) is 10.7. The predicted molar refractivity (Wildman–Crippen MR) is 127 cm³/mol. The summed E-state index contributed by atoms with van der Waals surface area (Å²) in [5.41, 5.74) is 1.39. The van der Waals surface area contributed by atoms with Gasteiger partial charge in [0.25, 0.3) is 0 Å². The van der Waals surface area contributed by atoms with Crippen LogP contribution in [0.1, 0.15) is 23.6 Å². The van der Waals surface area contributed by atoms with E-state index in [4.69, 9.17) is 4.74 Å². The van der Waals surface area contributed by atoms with Gasteiger partial charge in [0.2, 0.25) is 0 Å². The minimum Gasteiger partial charge on any atom is -0.377 e. The summed E-state index contributed by atoms with van der Waals surface area (Å²) >= 11 is 1.94. The fourth-order valence-electron chi connectivity index (χ4n) is 3.90. The maximum atomic E-state index is 5.14. The van der Waals surface area contributed by atoms with Crippen molar-refractivity contribution >= 4 is 28.5 Å². The number of benzene rings is 2. The molecule has 2 aromatic carbocycles. The van der Waals surface area contributed by atoms with Gasteiger partial charge in [-0.2, -0.15) is 16.9 Å². The number of rotatable bonds is 8. The van der Waals surface area contributed by atoms with Crippen LogP contribution >= 0.6 is 11.8 Å². The van der Waals surface area contributed by atoms with Crippen LogP contribution in [0.15, 0.2) is 47.5 Å². The fraction of sp³-hybridized carbons (Fsp3) is 0.435. The lowest BCUT2D eigenvalue weighted by molar-refractivity contribution is 0.177. The van der Waals surface area contributed by atoms with Gasteiger partial charge in [0, 0.05) is 44.7 Å². The Labute approximate surface area is 187 Å². The van der Waals surface area contributed by atoms with Gasteiger partial charge in [0.05, 0.1) is 6.54 Å². The van der Waals surface area contributed by atoms with Gasteiger partial charge < -0.3 is 15.4 Å². The molecule has 3 aromatic rings. The van der Waals surface area contributed by atoms with Crippen molar-refractivity contribution in [3.8, 4) is 0 Å². The lowest BCUT2D eigenvalue weighted by Crippen LogP contribution is -2.47. The summed E-state index contributed by atoms with van der Waals surface area (Å²) in [4.78, 5) is 8.93. The topological polar surface area (TPSA) is 76.4 Å². The van der Waals surface area contributed by atoms with Crippen molar-refractivity contribution < 1.29 is 4.74 Å². The van der Waals surface area contributed by atoms with Crippen LogP contribution in [0.2, 0.25) is 0 Å². The minimum atomic E-state index is 0.291. The number of aryl methyl sites for hydroxylation is 1. The molecule has 31 heavy (non-hydrogen) atoms. The first kappa shape index (κ1) is 21.6. The Morgan fingerprint density at radius 1 is 1.26 bits per heavy atom. The molecule has 0 aliphatic carbocycles. The maximum absolute atomic E-state index is 5.14. The molecule has 0 saturated heterocycles. The molecule has 0 bridgehead atoms. The molecule has 1 unspecified atom stereocenters. The van der Waals surface area contributed by atoms with Gasteiger partial charge in [-0.15, -0.1) is 0 Å². The van der Waals surface area contributed by atoms with Crippen LogP contribution in [-0.4, -0.2) is 53.2 Å². The van der Waals surface area contributed by atoms with Crippen molar-refractivity contribution in [2.45, 2.75) is 37.8 Å². The zero-order valence-electron chi connectivity index (χ0n) is 18.2. The number of nitrogens with zero attached hydrogens (tertiary/aromatic N) is 4. The number of ether oxygens (including phenoxy) is 1. The number of nitrogens with one attached hydrogen (secondary N) is 2. The van der Waals surface area contributed by atoms with Gasteiger partial charge in [-0.05, 0) is 22.8 Å². The number of fused-ring (bicyclic) bond motifs is 2. The second-order valence-corrected chi connectivity index (χ2v) is 8.73. The Balaban J connectivity index is 1.21. The summed E-state index contributed by atoms with van der Waals surface area (Å²) < 4.78 is 7.13. The van der Waals surface area contributed by atoms with Crippen LogP contribution in [0.5, 0.6) is 0 Å². The van der Waals surface area contributed by atoms with E-state index in [1.807, 2.05) is 23.5 Å². The summed E-state index contributed by atoms with van der Waals surface area (Å²) in [6, 6.07) is 15.4. The van der Waals surface area contributed by atoms with E-state index in [1.54, 1.807) is 7.11 Å². The number of guanidine groups is 1. The zero-order valence-corrected chi connectivity index (χ0v) is 19.0. The zero-order chi connectivity index (χ0) is 21.5. The molecule has 7 nitrogen and oxygen atoms in total. The molecule has 2 N–H and O–H groups in total. The van der Waals surface area contributed by atoms with Crippen molar-refractivity contribution in [2.24, 2.45) is 4.99 Å². The highest BCUT2D eigenvalue weighted by molar-refractivity contribution is 7.98. The highest BCUT2D eigenvalue weighted by atomic mass is 32.2. The lowest BCUT2D eigenvalue weighted by atomic mass is 10.1. The molecule has 2 heterocycles.